The lowest BCUT2D eigenvalue weighted by Crippen LogP contribution is -2.16. The van der Waals surface area contributed by atoms with E-state index in [1.54, 1.807) is 28.7 Å². The number of para-hydroxylation sites is 2. The van der Waals surface area contributed by atoms with Gasteiger partial charge >= 0.3 is 0 Å². The molecular weight excluding hydrogens is 388 g/mol. The number of nitrogens with zero attached hydrogens (tertiary/aromatic N) is 4. The van der Waals surface area contributed by atoms with Crippen LogP contribution in [0.15, 0.2) is 53.7 Å². The van der Waals surface area contributed by atoms with E-state index in [2.05, 4.69) is 10.2 Å². The van der Waals surface area contributed by atoms with E-state index >= 15 is 0 Å². The molecule has 2 aromatic carbocycles. The van der Waals surface area contributed by atoms with Gasteiger partial charge in [0.2, 0.25) is 15.6 Å². The summed E-state index contributed by atoms with van der Waals surface area (Å²) >= 11 is 5.83. The minimum absolute atomic E-state index is 0.00526. The molecule has 4 aromatic rings. The normalized spacial score (nSPS) is 12.1. The monoisotopic (exact) mass is 404 g/mol. The van der Waals surface area contributed by atoms with Crippen molar-refractivity contribution in [3.63, 3.8) is 0 Å². The van der Waals surface area contributed by atoms with Crippen LogP contribution in [0.5, 0.6) is 5.75 Å². The van der Waals surface area contributed by atoms with Gasteiger partial charge in [0.05, 0.1) is 16.8 Å². The highest BCUT2D eigenvalue weighted by atomic mass is 35.5. The second-order valence-corrected chi connectivity index (χ2v) is 8.41. The Bertz CT molecular complexity index is 1210. The summed E-state index contributed by atoms with van der Waals surface area (Å²) in [5, 5.41) is 8.59. The number of hydrogen-bond donors (Lipinski definition) is 0. The fourth-order valence-electron chi connectivity index (χ4n) is 3.04. The van der Waals surface area contributed by atoms with Crippen LogP contribution >= 0.6 is 11.6 Å². The van der Waals surface area contributed by atoms with Crippen LogP contribution in [0.3, 0.4) is 0 Å². The lowest BCUT2D eigenvalue weighted by Gasteiger charge is -2.06. The molecule has 4 rings (SSSR count). The lowest BCUT2D eigenvalue weighted by atomic mass is 10.3. The zero-order valence-electron chi connectivity index (χ0n) is 14.5. The van der Waals surface area contributed by atoms with Crippen molar-refractivity contribution in [2.24, 2.45) is 0 Å². The van der Waals surface area contributed by atoms with Crippen molar-refractivity contribution in [2.75, 3.05) is 12.4 Å². The maximum atomic E-state index is 12.9. The van der Waals surface area contributed by atoms with Crippen LogP contribution in [0, 0.1) is 0 Å². The van der Waals surface area contributed by atoms with Crippen molar-refractivity contribution in [1.82, 2.24) is 19.2 Å². The number of halogens is 1. The molecule has 0 spiro atoms. The molecule has 0 aliphatic heterocycles. The number of sulfone groups is 1. The summed E-state index contributed by atoms with van der Waals surface area (Å²) in [7, 11) is -3.68. The SMILES string of the molecule is CCn1c2ccccc2n2c(S(=O)(=O)CCOc3ccc(Cl)cc3)nnc12. The van der Waals surface area contributed by atoms with E-state index in [1.807, 2.05) is 35.8 Å². The molecule has 0 aliphatic carbocycles. The summed E-state index contributed by atoms with van der Waals surface area (Å²) in [5.74, 6) is 0.863. The summed E-state index contributed by atoms with van der Waals surface area (Å²) in [6.45, 7) is 2.65. The van der Waals surface area contributed by atoms with Crippen LogP contribution in [-0.2, 0) is 16.4 Å². The van der Waals surface area contributed by atoms with Gasteiger partial charge in [-0.2, -0.15) is 0 Å². The summed E-state index contributed by atoms with van der Waals surface area (Å²) in [5.41, 5.74) is 1.68. The first-order valence-corrected chi connectivity index (χ1v) is 10.5. The molecule has 0 radical (unpaired) electrons. The van der Waals surface area contributed by atoms with Gasteiger partial charge in [-0.05, 0) is 43.3 Å². The number of hydrogen-bond acceptors (Lipinski definition) is 5. The summed E-state index contributed by atoms with van der Waals surface area (Å²) in [6.07, 6.45) is 0. The smallest absolute Gasteiger partial charge is 0.256 e. The molecule has 0 N–H and O–H groups in total. The highest BCUT2D eigenvalue weighted by molar-refractivity contribution is 7.91. The van der Waals surface area contributed by atoms with Gasteiger partial charge in [0.25, 0.3) is 5.16 Å². The first-order valence-electron chi connectivity index (χ1n) is 8.45. The molecule has 140 valence electrons. The zero-order valence-corrected chi connectivity index (χ0v) is 16.1. The van der Waals surface area contributed by atoms with E-state index in [1.165, 1.54) is 0 Å². The average Bonchev–Trinajstić information content (AvgIpc) is 3.21. The number of aryl methyl sites for hydroxylation is 1. The number of rotatable bonds is 6. The Balaban J connectivity index is 1.65. The molecular formula is C18H17ClN4O3S. The summed E-state index contributed by atoms with van der Waals surface area (Å²) < 4.78 is 34.8. The Hall–Kier alpha value is -2.58. The minimum Gasteiger partial charge on any atom is -0.493 e. The largest absolute Gasteiger partial charge is 0.493 e. The summed E-state index contributed by atoms with van der Waals surface area (Å²) in [4.78, 5) is 0. The van der Waals surface area contributed by atoms with Crippen LogP contribution < -0.4 is 4.74 Å². The van der Waals surface area contributed by atoms with E-state index in [9.17, 15) is 8.42 Å². The quantitative estimate of drug-likeness (QED) is 0.493. The molecule has 0 fully saturated rings. The number of fused-ring (bicyclic) bond motifs is 3. The zero-order chi connectivity index (χ0) is 19.0. The third-order valence-electron chi connectivity index (χ3n) is 4.30. The number of aromatic nitrogens is 4. The van der Waals surface area contributed by atoms with Crippen molar-refractivity contribution in [2.45, 2.75) is 18.6 Å². The standard InChI is InChI=1S/C18H17ClN4O3S/c1-2-22-15-5-3-4-6-16(15)23-17(22)20-21-18(23)27(24,25)12-11-26-14-9-7-13(19)8-10-14/h3-10H,2,11-12H2,1H3. The van der Waals surface area contributed by atoms with Crippen molar-refractivity contribution in [3.05, 3.63) is 53.6 Å². The topological polar surface area (TPSA) is 78.5 Å². The Kier molecular flexibility index (Phi) is 4.53. The number of ether oxygens (including phenoxy) is 1. The van der Waals surface area contributed by atoms with Gasteiger partial charge in [-0.15, -0.1) is 10.2 Å². The molecule has 0 saturated heterocycles. The number of benzene rings is 2. The molecule has 27 heavy (non-hydrogen) atoms. The average molecular weight is 405 g/mol. The predicted molar refractivity (Wildman–Crippen MR) is 103 cm³/mol. The van der Waals surface area contributed by atoms with Crippen LogP contribution in [0.2, 0.25) is 5.02 Å². The molecule has 2 aromatic heterocycles. The van der Waals surface area contributed by atoms with Gasteiger partial charge in [-0.3, -0.25) is 0 Å². The first kappa shape index (κ1) is 17.8. The highest BCUT2D eigenvalue weighted by Gasteiger charge is 2.25. The molecule has 0 amide bonds. The van der Waals surface area contributed by atoms with Crippen molar-refractivity contribution in [1.29, 1.82) is 0 Å². The van der Waals surface area contributed by atoms with E-state index < -0.39 is 9.84 Å². The van der Waals surface area contributed by atoms with Crippen molar-refractivity contribution < 1.29 is 13.2 Å². The molecule has 0 atom stereocenters. The Labute approximate surface area is 161 Å². The minimum atomic E-state index is -3.68. The van der Waals surface area contributed by atoms with Gasteiger partial charge in [-0.1, -0.05) is 23.7 Å². The third-order valence-corrected chi connectivity index (χ3v) is 6.08. The van der Waals surface area contributed by atoms with Gasteiger partial charge in [-0.25, -0.2) is 12.8 Å². The van der Waals surface area contributed by atoms with Gasteiger partial charge in [0, 0.05) is 11.6 Å². The second kappa shape index (κ2) is 6.86. The summed E-state index contributed by atoms with van der Waals surface area (Å²) in [6, 6.07) is 14.3. The second-order valence-electron chi connectivity index (χ2n) is 5.97. The molecule has 2 heterocycles. The molecule has 0 aliphatic rings. The van der Waals surface area contributed by atoms with E-state index in [0.717, 1.165) is 11.0 Å². The van der Waals surface area contributed by atoms with Crippen LogP contribution in [0.4, 0.5) is 0 Å². The molecule has 9 heteroatoms. The molecule has 7 nitrogen and oxygen atoms in total. The van der Waals surface area contributed by atoms with E-state index in [-0.39, 0.29) is 17.5 Å². The highest BCUT2D eigenvalue weighted by Crippen LogP contribution is 2.23. The Morgan fingerprint density at radius 2 is 1.74 bits per heavy atom. The Morgan fingerprint density at radius 3 is 2.44 bits per heavy atom. The van der Waals surface area contributed by atoms with Crippen LogP contribution in [-0.4, -0.2) is 39.9 Å². The maximum absolute atomic E-state index is 12.9. The fraction of sp³-hybridized carbons (Fsp3) is 0.222. The molecule has 0 saturated carbocycles. The first-order chi connectivity index (χ1) is 13.0. The van der Waals surface area contributed by atoms with E-state index in [0.29, 0.717) is 23.1 Å². The lowest BCUT2D eigenvalue weighted by molar-refractivity contribution is 0.340. The van der Waals surface area contributed by atoms with Crippen LogP contribution in [0.1, 0.15) is 6.92 Å². The van der Waals surface area contributed by atoms with E-state index in [4.69, 9.17) is 16.3 Å². The molecule has 0 bridgehead atoms. The number of imidazole rings is 1. The van der Waals surface area contributed by atoms with Gasteiger partial charge in [0.15, 0.2) is 0 Å². The van der Waals surface area contributed by atoms with Crippen molar-refractivity contribution >= 4 is 38.2 Å². The maximum Gasteiger partial charge on any atom is 0.256 e. The Morgan fingerprint density at radius 1 is 1.04 bits per heavy atom. The fourth-order valence-corrected chi connectivity index (χ4v) is 4.28. The van der Waals surface area contributed by atoms with Crippen LogP contribution in [0.25, 0.3) is 16.8 Å². The van der Waals surface area contributed by atoms with Gasteiger partial charge < -0.3 is 9.30 Å². The van der Waals surface area contributed by atoms with Gasteiger partial charge in [0.1, 0.15) is 12.4 Å². The molecule has 0 unspecified atom stereocenters. The predicted octanol–water partition coefficient (Wildman–Crippen LogP) is 3.21. The van der Waals surface area contributed by atoms with Crippen molar-refractivity contribution in [3.8, 4) is 5.75 Å². The third kappa shape index (κ3) is 3.15.